The average molecular weight is 362 g/mol. The summed E-state index contributed by atoms with van der Waals surface area (Å²) in [5, 5.41) is 0. The maximum atomic E-state index is 12.6. The van der Waals surface area contributed by atoms with Crippen LogP contribution in [0.5, 0.6) is 0 Å². The van der Waals surface area contributed by atoms with Crippen molar-refractivity contribution in [1.29, 1.82) is 0 Å². The number of sulfonamides is 1. The molecule has 1 atom stereocenters. The van der Waals surface area contributed by atoms with Gasteiger partial charge in [-0.2, -0.15) is 0 Å². The second kappa shape index (κ2) is 6.01. The molecule has 0 saturated carbocycles. The topological polar surface area (TPSA) is 66.6 Å². The number of rotatable bonds is 4. The monoisotopic (exact) mass is 361 g/mol. The number of anilines is 1. The SMILES string of the molecule is CN1CCC(CN(C)S(=O)(=O)c2cc(Br)ccc2N)C1. The van der Waals surface area contributed by atoms with Gasteiger partial charge in [0.1, 0.15) is 4.90 Å². The van der Waals surface area contributed by atoms with Gasteiger partial charge in [-0.1, -0.05) is 15.9 Å². The van der Waals surface area contributed by atoms with Crippen molar-refractivity contribution in [3.63, 3.8) is 0 Å². The van der Waals surface area contributed by atoms with Crippen molar-refractivity contribution in [2.75, 3.05) is 39.5 Å². The second-order valence-corrected chi connectivity index (χ2v) is 8.31. The van der Waals surface area contributed by atoms with Crippen molar-refractivity contribution in [3.8, 4) is 0 Å². The molecular weight excluding hydrogens is 342 g/mol. The van der Waals surface area contributed by atoms with E-state index in [4.69, 9.17) is 5.73 Å². The Bertz CT molecular complexity index is 591. The normalized spacial score (nSPS) is 20.7. The van der Waals surface area contributed by atoms with Crippen molar-refractivity contribution in [1.82, 2.24) is 9.21 Å². The maximum Gasteiger partial charge on any atom is 0.244 e. The largest absolute Gasteiger partial charge is 0.398 e. The molecule has 0 aliphatic carbocycles. The zero-order valence-electron chi connectivity index (χ0n) is 11.7. The second-order valence-electron chi connectivity index (χ2n) is 5.38. The third-order valence-corrected chi connectivity index (χ3v) is 6.04. The van der Waals surface area contributed by atoms with Gasteiger partial charge in [0.2, 0.25) is 10.0 Å². The third-order valence-electron chi connectivity index (χ3n) is 3.67. The molecule has 0 spiro atoms. The van der Waals surface area contributed by atoms with Crippen LogP contribution < -0.4 is 5.73 Å². The molecule has 1 aliphatic heterocycles. The molecule has 1 aliphatic rings. The van der Waals surface area contributed by atoms with Gasteiger partial charge < -0.3 is 10.6 Å². The summed E-state index contributed by atoms with van der Waals surface area (Å²) in [5.74, 6) is 0.383. The Morgan fingerprint density at radius 3 is 2.80 bits per heavy atom. The van der Waals surface area contributed by atoms with Crippen LogP contribution >= 0.6 is 15.9 Å². The standard InChI is InChI=1S/C13H20BrN3O2S/c1-16-6-5-10(8-16)9-17(2)20(18,19)13-7-11(14)3-4-12(13)15/h3-4,7,10H,5-6,8-9,15H2,1-2H3. The Labute approximate surface area is 128 Å². The summed E-state index contributed by atoms with van der Waals surface area (Å²) >= 11 is 3.29. The highest BCUT2D eigenvalue weighted by Crippen LogP contribution is 2.26. The predicted molar refractivity (Wildman–Crippen MR) is 84.0 cm³/mol. The Morgan fingerprint density at radius 1 is 1.50 bits per heavy atom. The fourth-order valence-electron chi connectivity index (χ4n) is 2.54. The number of nitrogens with zero attached hydrogens (tertiary/aromatic N) is 2. The van der Waals surface area contributed by atoms with E-state index in [1.165, 1.54) is 4.31 Å². The van der Waals surface area contributed by atoms with Crippen molar-refractivity contribution in [2.45, 2.75) is 11.3 Å². The molecule has 2 N–H and O–H groups in total. The molecule has 0 radical (unpaired) electrons. The summed E-state index contributed by atoms with van der Waals surface area (Å²) in [7, 11) is 0.138. The van der Waals surface area contributed by atoms with Crippen LogP contribution in [-0.4, -0.2) is 51.4 Å². The molecule has 20 heavy (non-hydrogen) atoms. The smallest absolute Gasteiger partial charge is 0.244 e. The van der Waals surface area contributed by atoms with E-state index in [2.05, 4.69) is 27.9 Å². The van der Waals surface area contributed by atoms with Gasteiger partial charge >= 0.3 is 0 Å². The summed E-state index contributed by atoms with van der Waals surface area (Å²) < 4.78 is 27.3. The number of hydrogen-bond acceptors (Lipinski definition) is 4. The van der Waals surface area contributed by atoms with Crippen LogP contribution in [0.2, 0.25) is 0 Å². The van der Waals surface area contributed by atoms with Gasteiger partial charge in [0, 0.05) is 24.6 Å². The van der Waals surface area contributed by atoms with Gasteiger partial charge in [-0.05, 0) is 44.1 Å². The molecule has 7 heteroatoms. The number of hydrogen-bond donors (Lipinski definition) is 1. The summed E-state index contributed by atoms with van der Waals surface area (Å²) in [6.07, 6.45) is 1.03. The van der Waals surface area contributed by atoms with Gasteiger partial charge in [-0.15, -0.1) is 0 Å². The van der Waals surface area contributed by atoms with E-state index >= 15 is 0 Å². The molecule has 0 bridgehead atoms. The van der Waals surface area contributed by atoms with E-state index in [1.807, 2.05) is 0 Å². The molecule has 1 fully saturated rings. The van der Waals surface area contributed by atoms with Gasteiger partial charge in [-0.3, -0.25) is 0 Å². The Hall–Kier alpha value is -0.630. The van der Waals surface area contributed by atoms with Crippen molar-refractivity contribution < 1.29 is 8.42 Å². The molecule has 1 aromatic rings. The number of nitrogen functional groups attached to an aromatic ring is 1. The zero-order chi connectivity index (χ0) is 14.9. The van der Waals surface area contributed by atoms with E-state index in [1.54, 1.807) is 25.2 Å². The lowest BCUT2D eigenvalue weighted by molar-refractivity contribution is 0.357. The first-order valence-electron chi connectivity index (χ1n) is 6.50. The first-order valence-corrected chi connectivity index (χ1v) is 8.74. The van der Waals surface area contributed by atoms with Crippen LogP contribution in [0.3, 0.4) is 0 Å². The van der Waals surface area contributed by atoms with Crippen LogP contribution in [0.25, 0.3) is 0 Å². The minimum absolute atomic E-state index is 0.167. The van der Waals surface area contributed by atoms with Crippen LogP contribution in [0.15, 0.2) is 27.6 Å². The van der Waals surface area contributed by atoms with Crippen LogP contribution in [-0.2, 0) is 10.0 Å². The minimum atomic E-state index is -3.54. The van der Waals surface area contributed by atoms with Gasteiger partial charge in [0.15, 0.2) is 0 Å². The molecule has 5 nitrogen and oxygen atoms in total. The number of halogens is 1. The van der Waals surface area contributed by atoms with Gasteiger partial charge in [0.25, 0.3) is 0 Å². The van der Waals surface area contributed by atoms with E-state index < -0.39 is 10.0 Å². The van der Waals surface area contributed by atoms with Gasteiger partial charge in [0.05, 0.1) is 5.69 Å². The molecule has 1 heterocycles. The zero-order valence-corrected chi connectivity index (χ0v) is 14.1. The highest BCUT2D eigenvalue weighted by molar-refractivity contribution is 9.10. The van der Waals surface area contributed by atoms with E-state index in [0.29, 0.717) is 16.9 Å². The molecule has 1 aromatic carbocycles. The first-order chi connectivity index (χ1) is 9.30. The number of likely N-dealkylation sites (tertiary alicyclic amines) is 1. The van der Waals surface area contributed by atoms with Crippen molar-refractivity contribution in [3.05, 3.63) is 22.7 Å². The first kappa shape index (κ1) is 15.8. The Balaban J connectivity index is 2.19. The molecule has 2 rings (SSSR count). The van der Waals surface area contributed by atoms with Crippen molar-refractivity contribution >= 4 is 31.6 Å². The van der Waals surface area contributed by atoms with E-state index in [0.717, 1.165) is 19.5 Å². The summed E-state index contributed by atoms with van der Waals surface area (Å²) in [5.41, 5.74) is 6.09. The molecule has 1 unspecified atom stereocenters. The summed E-state index contributed by atoms with van der Waals surface area (Å²) in [6.45, 7) is 2.49. The maximum absolute atomic E-state index is 12.6. The quantitative estimate of drug-likeness (QED) is 0.827. The number of benzene rings is 1. The van der Waals surface area contributed by atoms with Crippen LogP contribution in [0.1, 0.15) is 6.42 Å². The molecule has 112 valence electrons. The third kappa shape index (κ3) is 3.33. The van der Waals surface area contributed by atoms with Gasteiger partial charge in [-0.25, -0.2) is 12.7 Å². The summed E-state index contributed by atoms with van der Waals surface area (Å²) in [4.78, 5) is 2.39. The van der Waals surface area contributed by atoms with Crippen LogP contribution in [0.4, 0.5) is 5.69 Å². The molecule has 0 amide bonds. The lowest BCUT2D eigenvalue weighted by atomic mass is 10.1. The minimum Gasteiger partial charge on any atom is -0.398 e. The fraction of sp³-hybridized carbons (Fsp3) is 0.538. The average Bonchev–Trinajstić information content (AvgIpc) is 2.77. The van der Waals surface area contributed by atoms with E-state index in [-0.39, 0.29) is 10.6 Å². The molecular formula is C13H20BrN3O2S. The van der Waals surface area contributed by atoms with E-state index in [9.17, 15) is 8.42 Å². The highest BCUT2D eigenvalue weighted by Gasteiger charge is 2.28. The Morgan fingerprint density at radius 2 is 2.20 bits per heavy atom. The lowest BCUT2D eigenvalue weighted by Gasteiger charge is -2.21. The fourth-order valence-corrected chi connectivity index (χ4v) is 4.43. The van der Waals surface area contributed by atoms with Crippen molar-refractivity contribution in [2.24, 2.45) is 5.92 Å². The van der Waals surface area contributed by atoms with Crippen LogP contribution in [0, 0.1) is 5.92 Å². The number of nitrogens with two attached hydrogens (primary N) is 1. The lowest BCUT2D eigenvalue weighted by Crippen LogP contribution is -2.33. The highest BCUT2D eigenvalue weighted by atomic mass is 79.9. The molecule has 0 aromatic heterocycles. The Kier molecular flexibility index (Phi) is 4.73. The predicted octanol–water partition coefficient (Wildman–Crippen LogP) is 1.60. The summed E-state index contributed by atoms with van der Waals surface area (Å²) in [6, 6.07) is 4.90. The molecule has 1 saturated heterocycles.